The number of benzene rings is 2. The van der Waals surface area contributed by atoms with Crippen LogP contribution in [0.3, 0.4) is 0 Å². The van der Waals surface area contributed by atoms with Crippen molar-refractivity contribution >= 4 is 23.6 Å². The second-order valence-electron chi connectivity index (χ2n) is 7.14. The van der Waals surface area contributed by atoms with Crippen molar-refractivity contribution < 1.29 is 19.1 Å². The number of urea groups is 1. The number of anilines is 1. The van der Waals surface area contributed by atoms with E-state index in [9.17, 15) is 14.4 Å². The lowest BCUT2D eigenvalue weighted by Crippen LogP contribution is -2.40. The summed E-state index contributed by atoms with van der Waals surface area (Å²) in [6.07, 6.45) is -0.918. The fraction of sp³-hybridized carbons (Fsp3) is 0.348. The quantitative estimate of drug-likeness (QED) is 0.651. The van der Waals surface area contributed by atoms with Crippen molar-refractivity contribution in [3.05, 3.63) is 65.7 Å². The number of rotatable bonds is 8. The van der Waals surface area contributed by atoms with E-state index in [1.165, 1.54) is 0 Å². The molecule has 7 heteroatoms. The lowest BCUT2D eigenvalue weighted by Gasteiger charge is -2.24. The summed E-state index contributed by atoms with van der Waals surface area (Å²) in [4.78, 5) is 38.4. The van der Waals surface area contributed by atoms with Gasteiger partial charge in [-0.05, 0) is 57.5 Å². The van der Waals surface area contributed by atoms with E-state index in [-0.39, 0.29) is 18.0 Å². The minimum Gasteiger partial charge on any atom is -0.449 e. The number of carbonyl (C=O) groups excluding carboxylic acids is 3. The molecule has 7 nitrogen and oxygen atoms in total. The molecule has 2 aromatic rings. The van der Waals surface area contributed by atoms with Gasteiger partial charge in [-0.2, -0.15) is 0 Å². The van der Waals surface area contributed by atoms with Crippen LogP contribution in [0.15, 0.2) is 54.6 Å². The van der Waals surface area contributed by atoms with Gasteiger partial charge in [-0.1, -0.05) is 30.3 Å². The molecule has 2 rings (SSSR count). The zero-order valence-corrected chi connectivity index (χ0v) is 17.8. The van der Waals surface area contributed by atoms with Gasteiger partial charge in [-0.3, -0.25) is 4.79 Å². The van der Waals surface area contributed by atoms with Crippen LogP contribution >= 0.6 is 0 Å². The van der Waals surface area contributed by atoms with Crippen LogP contribution in [0.1, 0.15) is 43.6 Å². The van der Waals surface area contributed by atoms with Crippen LogP contribution < -0.4 is 15.5 Å². The summed E-state index contributed by atoms with van der Waals surface area (Å²) in [5.74, 6) is -0.856. The number of amides is 3. The van der Waals surface area contributed by atoms with E-state index < -0.39 is 12.1 Å². The first-order chi connectivity index (χ1) is 14.3. The molecular weight excluding hydrogens is 382 g/mol. The highest BCUT2D eigenvalue weighted by molar-refractivity contribution is 5.99. The first-order valence-electron chi connectivity index (χ1n) is 10.0. The Morgan fingerprint density at radius 1 is 0.967 bits per heavy atom. The van der Waals surface area contributed by atoms with Crippen LogP contribution in [0.4, 0.5) is 10.5 Å². The monoisotopic (exact) mass is 411 g/mol. The van der Waals surface area contributed by atoms with Gasteiger partial charge in [-0.15, -0.1) is 0 Å². The predicted molar refractivity (Wildman–Crippen MR) is 116 cm³/mol. The van der Waals surface area contributed by atoms with E-state index in [1.54, 1.807) is 36.1 Å². The van der Waals surface area contributed by atoms with E-state index in [0.717, 1.165) is 11.3 Å². The average molecular weight is 412 g/mol. The molecule has 0 fully saturated rings. The summed E-state index contributed by atoms with van der Waals surface area (Å²) in [7, 11) is 0. The van der Waals surface area contributed by atoms with Gasteiger partial charge in [0.25, 0.3) is 5.91 Å². The minimum atomic E-state index is -0.918. The Balaban J connectivity index is 1.93. The molecule has 0 spiro atoms. The van der Waals surface area contributed by atoms with E-state index >= 15 is 0 Å². The number of esters is 1. The van der Waals surface area contributed by atoms with Gasteiger partial charge in [0.2, 0.25) is 0 Å². The molecule has 0 unspecified atom stereocenters. The van der Waals surface area contributed by atoms with Crippen LogP contribution in [0.2, 0.25) is 0 Å². The molecule has 0 saturated carbocycles. The van der Waals surface area contributed by atoms with Crippen molar-refractivity contribution in [2.75, 3.05) is 11.4 Å². The largest absolute Gasteiger partial charge is 0.449 e. The minimum absolute atomic E-state index is 0.0531. The lowest BCUT2D eigenvalue weighted by molar-refractivity contribution is -0.126. The predicted octanol–water partition coefficient (Wildman–Crippen LogP) is 3.49. The third-order valence-electron chi connectivity index (χ3n) is 4.34. The van der Waals surface area contributed by atoms with Crippen molar-refractivity contribution in [1.82, 2.24) is 10.6 Å². The summed E-state index contributed by atoms with van der Waals surface area (Å²) in [6, 6.07) is 15.8. The number of hydrogen-bond acceptors (Lipinski definition) is 4. The normalized spacial score (nSPS) is 11.5. The maximum absolute atomic E-state index is 12.7. The Labute approximate surface area is 177 Å². The Kier molecular flexibility index (Phi) is 8.41. The van der Waals surface area contributed by atoms with Crippen LogP contribution in [0.25, 0.3) is 0 Å². The maximum Gasteiger partial charge on any atom is 0.338 e. The molecular formula is C23H29N3O4. The SMILES string of the molecule is CCN(C(=O)[C@@H](C)OC(=O)c1ccc(CNC(=O)NC(C)C)cc1)c1ccccc1. The van der Waals surface area contributed by atoms with Crippen LogP contribution in [-0.2, 0) is 16.1 Å². The zero-order chi connectivity index (χ0) is 22.1. The van der Waals surface area contributed by atoms with Crippen LogP contribution in [0, 0.1) is 0 Å². The Bertz CT molecular complexity index is 851. The number of para-hydroxylation sites is 1. The molecule has 0 bridgehead atoms. The molecule has 2 N–H and O–H groups in total. The van der Waals surface area contributed by atoms with Gasteiger partial charge in [0.1, 0.15) is 0 Å². The molecule has 0 saturated heterocycles. The summed E-state index contributed by atoms with van der Waals surface area (Å²) in [5, 5.41) is 5.48. The molecule has 0 aromatic heterocycles. The number of ether oxygens (including phenoxy) is 1. The first kappa shape index (κ1) is 22.9. The zero-order valence-electron chi connectivity index (χ0n) is 17.8. The van der Waals surface area contributed by atoms with E-state index in [4.69, 9.17) is 4.74 Å². The molecule has 0 aliphatic carbocycles. The molecule has 2 aromatic carbocycles. The van der Waals surface area contributed by atoms with Crippen molar-refractivity contribution in [3.8, 4) is 0 Å². The fourth-order valence-corrected chi connectivity index (χ4v) is 2.83. The highest BCUT2D eigenvalue weighted by atomic mass is 16.5. The van der Waals surface area contributed by atoms with Crippen LogP contribution in [-0.4, -0.2) is 36.6 Å². The number of hydrogen-bond donors (Lipinski definition) is 2. The van der Waals surface area contributed by atoms with Crippen molar-refractivity contribution in [2.45, 2.75) is 46.4 Å². The maximum atomic E-state index is 12.7. The van der Waals surface area contributed by atoms with Gasteiger partial charge in [0, 0.05) is 24.8 Å². The highest BCUT2D eigenvalue weighted by Gasteiger charge is 2.24. The fourth-order valence-electron chi connectivity index (χ4n) is 2.83. The number of nitrogens with zero attached hydrogens (tertiary/aromatic N) is 1. The molecule has 0 aliphatic rings. The second-order valence-corrected chi connectivity index (χ2v) is 7.14. The smallest absolute Gasteiger partial charge is 0.338 e. The van der Waals surface area contributed by atoms with Crippen molar-refractivity contribution in [2.24, 2.45) is 0 Å². The standard InChI is InChI=1S/C23H29N3O4/c1-5-26(20-9-7-6-8-10-20)21(27)17(4)30-22(28)19-13-11-18(12-14-19)15-24-23(29)25-16(2)3/h6-14,16-17H,5,15H2,1-4H3,(H2,24,25,29)/t17-/m1/s1. The van der Waals surface area contributed by atoms with Gasteiger partial charge in [0.05, 0.1) is 5.56 Å². The molecule has 0 heterocycles. The van der Waals surface area contributed by atoms with Gasteiger partial charge < -0.3 is 20.3 Å². The number of carbonyl (C=O) groups is 3. The second kappa shape index (κ2) is 11.0. The number of likely N-dealkylation sites (N-methyl/N-ethyl adjacent to an activating group) is 1. The van der Waals surface area contributed by atoms with E-state index in [0.29, 0.717) is 18.7 Å². The molecule has 0 radical (unpaired) electrons. The van der Waals surface area contributed by atoms with E-state index in [2.05, 4.69) is 10.6 Å². The summed E-state index contributed by atoms with van der Waals surface area (Å²) < 4.78 is 5.37. The van der Waals surface area contributed by atoms with Gasteiger partial charge in [0.15, 0.2) is 6.10 Å². The van der Waals surface area contributed by atoms with Crippen molar-refractivity contribution in [3.63, 3.8) is 0 Å². The molecule has 3 amide bonds. The number of nitrogens with one attached hydrogen (secondary N) is 2. The van der Waals surface area contributed by atoms with Gasteiger partial charge in [-0.25, -0.2) is 9.59 Å². The summed E-state index contributed by atoms with van der Waals surface area (Å²) in [5.41, 5.74) is 1.94. The molecule has 30 heavy (non-hydrogen) atoms. The molecule has 160 valence electrons. The lowest BCUT2D eigenvalue weighted by atomic mass is 10.1. The summed E-state index contributed by atoms with van der Waals surface area (Å²) in [6.45, 7) is 8.00. The van der Waals surface area contributed by atoms with Gasteiger partial charge >= 0.3 is 12.0 Å². The Morgan fingerprint density at radius 2 is 1.60 bits per heavy atom. The van der Waals surface area contributed by atoms with E-state index in [1.807, 2.05) is 51.1 Å². The average Bonchev–Trinajstić information content (AvgIpc) is 2.73. The van der Waals surface area contributed by atoms with Crippen molar-refractivity contribution in [1.29, 1.82) is 0 Å². The third kappa shape index (κ3) is 6.62. The molecule has 0 aliphatic heterocycles. The molecule has 1 atom stereocenters. The third-order valence-corrected chi connectivity index (χ3v) is 4.34. The Morgan fingerprint density at radius 3 is 2.17 bits per heavy atom. The topological polar surface area (TPSA) is 87.7 Å². The first-order valence-corrected chi connectivity index (χ1v) is 10.0. The van der Waals surface area contributed by atoms with Crippen LogP contribution in [0.5, 0.6) is 0 Å². The highest BCUT2D eigenvalue weighted by Crippen LogP contribution is 2.16. The Hall–Kier alpha value is -3.35. The summed E-state index contributed by atoms with van der Waals surface area (Å²) >= 11 is 0.